The summed E-state index contributed by atoms with van der Waals surface area (Å²) in [5.74, 6) is 0.529. The van der Waals surface area contributed by atoms with E-state index in [9.17, 15) is 4.79 Å². The third kappa shape index (κ3) is 2.65. The lowest BCUT2D eigenvalue weighted by Gasteiger charge is -2.21. The number of nitrogens with one attached hydrogen (secondary N) is 2. The fourth-order valence-electron chi connectivity index (χ4n) is 1.64. The average molecular weight is 251 g/mol. The summed E-state index contributed by atoms with van der Waals surface area (Å²) in [5, 5.41) is 14.8. The summed E-state index contributed by atoms with van der Waals surface area (Å²) in [5.41, 5.74) is 7.77. The third-order valence-corrected chi connectivity index (χ3v) is 2.74. The number of nitrogens with two attached hydrogens (primary N) is 1. The number of nitrogen functional groups attached to an aromatic ring is 1. The number of rotatable bonds is 4. The van der Waals surface area contributed by atoms with Crippen LogP contribution in [0.1, 0.15) is 6.92 Å². The lowest BCUT2D eigenvalue weighted by atomic mass is 10.1. The van der Waals surface area contributed by atoms with Crippen molar-refractivity contribution in [1.29, 1.82) is 0 Å². The Morgan fingerprint density at radius 2 is 2.39 bits per heavy atom. The third-order valence-electron chi connectivity index (χ3n) is 2.74. The molecule has 0 aliphatic carbocycles. The maximum absolute atomic E-state index is 11.2. The Balaban J connectivity index is 2.16. The van der Waals surface area contributed by atoms with Crippen LogP contribution in [0.5, 0.6) is 5.75 Å². The maximum Gasteiger partial charge on any atom is 0.262 e. The zero-order chi connectivity index (χ0) is 13.1. The van der Waals surface area contributed by atoms with Crippen LogP contribution in [0.15, 0.2) is 12.1 Å². The van der Waals surface area contributed by atoms with E-state index in [-0.39, 0.29) is 25.0 Å². The van der Waals surface area contributed by atoms with E-state index in [0.29, 0.717) is 23.7 Å². The standard InChI is InChI=1S/C12H17N3O3/c1-7(5-16)4-14-9-3-10-11(2-8(9)13)18-6-12(17)15-10/h2-3,7,14,16H,4-6,13H2,1H3,(H,15,17). The van der Waals surface area contributed by atoms with Gasteiger partial charge in [-0.2, -0.15) is 0 Å². The largest absolute Gasteiger partial charge is 0.482 e. The Bertz CT molecular complexity index is 462. The van der Waals surface area contributed by atoms with Crippen molar-refractivity contribution in [2.45, 2.75) is 6.92 Å². The van der Waals surface area contributed by atoms with Crippen LogP contribution >= 0.6 is 0 Å². The molecular formula is C12H17N3O3. The van der Waals surface area contributed by atoms with E-state index in [1.807, 2.05) is 6.92 Å². The molecule has 0 aromatic heterocycles. The van der Waals surface area contributed by atoms with Crippen LogP contribution in [-0.2, 0) is 4.79 Å². The summed E-state index contributed by atoms with van der Waals surface area (Å²) < 4.78 is 5.26. The summed E-state index contributed by atoms with van der Waals surface area (Å²) >= 11 is 0. The van der Waals surface area contributed by atoms with E-state index in [0.717, 1.165) is 5.69 Å². The summed E-state index contributed by atoms with van der Waals surface area (Å²) in [4.78, 5) is 11.2. The smallest absolute Gasteiger partial charge is 0.262 e. The van der Waals surface area contributed by atoms with E-state index >= 15 is 0 Å². The van der Waals surface area contributed by atoms with Crippen molar-refractivity contribution in [1.82, 2.24) is 0 Å². The molecule has 1 amide bonds. The highest BCUT2D eigenvalue weighted by Gasteiger charge is 2.17. The first kappa shape index (κ1) is 12.5. The van der Waals surface area contributed by atoms with Gasteiger partial charge in [0.05, 0.1) is 17.1 Å². The van der Waals surface area contributed by atoms with Crippen LogP contribution in [0.4, 0.5) is 17.1 Å². The number of aliphatic hydroxyl groups is 1. The number of fused-ring (bicyclic) bond motifs is 1. The van der Waals surface area contributed by atoms with Crippen LogP contribution in [0.2, 0.25) is 0 Å². The van der Waals surface area contributed by atoms with Gasteiger partial charge in [-0.3, -0.25) is 4.79 Å². The second-order valence-corrected chi connectivity index (χ2v) is 4.44. The lowest BCUT2D eigenvalue weighted by molar-refractivity contribution is -0.118. The number of carbonyl (C=O) groups excluding carboxylic acids is 1. The molecule has 0 saturated carbocycles. The number of ether oxygens (including phenoxy) is 1. The Morgan fingerprint density at radius 1 is 1.61 bits per heavy atom. The highest BCUT2D eigenvalue weighted by Crippen LogP contribution is 2.35. The minimum Gasteiger partial charge on any atom is -0.482 e. The topological polar surface area (TPSA) is 96.6 Å². The van der Waals surface area contributed by atoms with Crippen LogP contribution in [0.3, 0.4) is 0 Å². The Labute approximate surface area is 105 Å². The summed E-state index contributed by atoms with van der Waals surface area (Å²) in [6, 6.07) is 3.42. The van der Waals surface area contributed by atoms with Crippen LogP contribution in [0, 0.1) is 5.92 Å². The van der Waals surface area contributed by atoms with Gasteiger partial charge in [0.25, 0.3) is 5.91 Å². The van der Waals surface area contributed by atoms with Crippen molar-refractivity contribution in [2.75, 3.05) is 36.1 Å². The molecule has 18 heavy (non-hydrogen) atoms. The van der Waals surface area contributed by atoms with Gasteiger partial charge >= 0.3 is 0 Å². The predicted octanol–water partition coefficient (Wildman–Crippen LogP) is 0.640. The molecule has 98 valence electrons. The number of aliphatic hydroxyl groups excluding tert-OH is 1. The van der Waals surface area contributed by atoms with Crippen LogP contribution in [-0.4, -0.2) is 30.8 Å². The average Bonchev–Trinajstić information content (AvgIpc) is 2.36. The number of anilines is 3. The van der Waals surface area contributed by atoms with E-state index in [2.05, 4.69) is 10.6 Å². The van der Waals surface area contributed by atoms with Crippen molar-refractivity contribution in [3.05, 3.63) is 12.1 Å². The molecule has 1 unspecified atom stereocenters. The van der Waals surface area contributed by atoms with E-state index in [1.165, 1.54) is 0 Å². The van der Waals surface area contributed by atoms with E-state index in [4.69, 9.17) is 15.6 Å². The van der Waals surface area contributed by atoms with Gasteiger partial charge in [0.1, 0.15) is 5.75 Å². The molecule has 0 spiro atoms. The summed E-state index contributed by atoms with van der Waals surface area (Å²) in [7, 11) is 0. The SMILES string of the molecule is CC(CO)CNc1cc2c(cc1N)OCC(=O)N2. The molecule has 2 rings (SSSR count). The quantitative estimate of drug-likeness (QED) is 0.589. The second-order valence-electron chi connectivity index (χ2n) is 4.44. The Kier molecular flexibility index (Phi) is 3.57. The number of hydrogen-bond acceptors (Lipinski definition) is 5. The molecule has 1 aliphatic heterocycles. The first-order valence-corrected chi connectivity index (χ1v) is 5.81. The van der Waals surface area contributed by atoms with Crippen molar-refractivity contribution in [3.63, 3.8) is 0 Å². The van der Waals surface area contributed by atoms with E-state index in [1.54, 1.807) is 12.1 Å². The Hall–Kier alpha value is -1.95. The molecule has 6 nitrogen and oxygen atoms in total. The number of amides is 1. The monoisotopic (exact) mass is 251 g/mol. The van der Waals surface area contributed by atoms with Crippen molar-refractivity contribution in [2.24, 2.45) is 5.92 Å². The lowest BCUT2D eigenvalue weighted by Crippen LogP contribution is -2.25. The molecule has 5 N–H and O–H groups in total. The number of benzene rings is 1. The van der Waals surface area contributed by atoms with Crippen molar-refractivity contribution in [3.8, 4) is 5.75 Å². The van der Waals surface area contributed by atoms with Gasteiger partial charge in [-0.15, -0.1) is 0 Å². The van der Waals surface area contributed by atoms with Crippen LogP contribution < -0.4 is 21.1 Å². The van der Waals surface area contributed by atoms with Gasteiger partial charge in [0.2, 0.25) is 0 Å². The zero-order valence-electron chi connectivity index (χ0n) is 10.2. The van der Waals surface area contributed by atoms with Crippen molar-refractivity contribution >= 4 is 23.0 Å². The normalized spacial score (nSPS) is 15.3. The predicted molar refractivity (Wildman–Crippen MR) is 69.7 cm³/mol. The molecular weight excluding hydrogens is 234 g/mol. The molecule has 1 aromatic carbocycles. The van der Waals surface area contributed by atoms with Crippen molar-refractivity contribution < 1.29 is 14.6 Å². The molecule has 0 fully saturated rings. The molecule has 0 saturated heterocycles. The number of carbonyl (C=O) groups is 1. The van der Waals surface area contributed by atoms with Gasteiger partial charge in [-0.1, -0.05) is 6.92 Å². The molecule has 1 heterocycles. The highest BCUT2D eigenvalue weighted by molar-refractivity contribution is 5.97. The van der Waals surface area contributed by atoms with Crippen LogP contribution in [0.25, 0.3) is 0 Å². The maximum atomic E-state index is 11.2. The molecule has 1 aromatic rings. The summed E-state index contributed by atoms with van der Waals surface area (Å²) in [6.07, 6.45) is 0. The molecule has 1 aliphatic rings. The second kappa shape index (κ2) is 5.14. The highest BCUT2D eigenvalue weighted by atomic mass is 16.5. The fourth-order valence-corrected chi connectivity index (χ4v) is 1.64. The fraction of sp³-hybridized carbons (Fsp3) is 0.417. The number of hydrogen-bond donors (Lipinski definition) is 4. The first-order valence-electron chi connectivity index (χ1n) is 5.81. The minimum atomic E-state index is -0.179. The minimum absolute atomic E-state index is 0.0146. The zero-order valence-corrected chi connectivity index (χ0v) is 10.2. The van der Waals surface area contributed by atoms with Gasteiger partial charge in [-0.25, -0.2) is 0 Å². The molecule has 0 radical (unpaired) electrons. The molecule has 1 atom stereocenters. The van der Waals surface area contributed by atoms with E-state index < -0.39 is 0 Å². The summed E-state index contributed by atoms with van der Waals surface area (Å²) in [6.45, 7) is 2.65. The molecule has 0 bridgehead atoms. The molecule has 6 heteroatoms. The first-order chi connectivity index (χ1) is 8.60. The van der Waals surface area contributed by atoms with Gasteiger partial charge < -0.3 is 26.2 Å². The van der Waals surface area contributed by atoms with Gasteiger partial charge in [0, 0.05) is 19.2 Å². The van der Waals surface area contributed by atoms with Gasteiger partial charge in [0.15, 0.2) is 6.61 Å². The Morgan fingerprint density at radius 3 is 3.11 bits per heavy atom. The van der Waals surface area contributed by atoms with Gasteiger partial charge in [-0.05, 0) is 12.0 Å².